The van der Waals surface area contributed by atoms with Crippen molar-refractivity contribution >= 4 is 28.9 Å². The fraction of sp³-hybridized carbons (Fsp3) is 0.435. The van der Waals surface area contributed by atoms with E-state index in [9.17, 15) is 24.9 Å². The lowest BCUT2D eigenvalue weighted by Crippen LogP contribution is -2.40. The number of carbonyl (C=O) groups excluding carboxylic acids is 1. The van der Waals surface area contributed by atoms with Gasteiger partial charge in [0.1, 0.15) is 30.2 Å². The van der Waals surface area contributed by atoms with Gasteiger partial charge in [0.15, 0.2) is 17.7 Å². The van der Waals surface area contributed by atoms with Gasteiger partial charge in [-0.05, 0) is 37.1 Å². The van der Waals surface area contributed by atoms with Crippen LogP contribution in [0.5, 0.6) is 0 Å². The van der Waals surface area contributed by atoms with E-state index in [1.54, 1.807) is 12.1 Å². The van der Waals surface area contributed by atoms with Crippen molar-refractivity contribution in [1.29, 1.82) is 0 Å². The number of primary amides is 1. The number of carboxylic acids is 1. The average Bonchev–Trinajstić information content (AvgIpc) is 3.39. The summed E-state index contributed by atoms with van der Waals surface area (Å²) in [5.41, 5.74) is 12.8. The number of aliphatic hydroxyl groups is 2. The zero-order valence-electron chi connectivity index (χ0n) is 19.5. The minimum Gasteiger partial charge on any atom is -0.478 e. The van der Waals surface area contributed by atoms with Crippen molar-refractivity contribution in [3.8, 4) is 0 Å². The summed E-state index contributed by atoms with van der Waals surface area (Å²) in [6.45, 7) is 1.16. The number of hydrogen-bond donors (Lipinski definition) is 5. The van der Waals surface area contributed by atoms with Gasteiger partial charge in [-0.1, -0.05) is 12.1 Å². The number of rotatable bonds is 11. The van der Waals surface area contributed by atoms with Crippen LogP contribution in [0.15, 0.2) is 36.9 Å². The molecule has 1 aliphatic rings. The Bertz CT molecular complexity index is 1230. The molecular formula is C23H29N7O6. The molecule has 1 saturated heterocycles. The lowest BCUT2D eigenvalue weighted by molar-refractivity contribution is -0.118. The van der Waals surface area contributed by atoms with E-state index < -0.39 is 30.5 Å². The number of nitrogen functional groups attached to an aromatic ring is 1. The molecule has 0 radical (unpaired) electrons. The van der Waals surface area contributed by atoms with E-state index in [1.807, 2.05) is 11.0 Å². The zero-order valence-corrected chi connectivity index (χ0v) is 19.5. The molecule has 4 atom stereocenters. The molecule has 0 unspecified atom stereocenters. The monoisotopic (exact) mass is 499 g/mol. The van der Waals surface area contributed by atoms with Crippen LogP contribution in [0.3, 0.4) is 0 Å². The maximum absolute atomic E-state index is 11.4. The first-order valence-electron chi connectivity index (χ1n) is 11.5. The number of aromatic nitrogens is 4. The molecule has 13 heteroatoms. The summed E-state index contributed by atoms with van der Waals surface area (Å²) >= 11 is 0. The van der Waals surface area contributed by atoms with Crippen LogP contribution in [-0.2, 0) is 16.1 Å². The number of aliphatic hydroxyl groups excluding tert-OH is 2. The molecule has 3 aromatic rings. The molecule has 0 bridgehead atoms. The number of hydrogen-bond acceptors (Lipinski definition) is 10. The first-order valence-corrected chi connectivity index (χ1v) is 11.5. The van der Waals surface area contributed by atoms with Gasteiger partial charge in [-0.25, -0.2) is 19.7 Å². The van der Waals surface area contributed by atoms with Gasteiger partial charge in [0.2, 0.25) is 5.91 Å². The van der Waals surface area contributed by atoms with Gasteiger partial charge in [0.25, 0.3) is 0 Å². The smallest absolute Gasteiger partial charge is 0.335 e. The Labute approximate surface area is 206 Å². The van der Waals surface area contributed by atoms with E-state index in [2.05, 4.69) is 15.0 Å². The molecule has 36 heavy (non-hydrogen) atoms. The number of aromatic carboxylic acids is 1. The molecule has 0 spiro atoms. The highest BCUT2D eigenvalue weighted by molar-refractivity contribution is 5.87. The van der Waals surface area contributed by atoms with Crippen molar-refractivity contribution in [3.05, 3.63) is 48.0 Å². The number of imidazole rings is 1. The lowest BCUT2D eigenvalue weighted by Gasteiger charge is -2.27. The Hall–Kier alpha value is -3.65. The van der Waals surface area contributed by atoms with Gasteiger partial charge in [0.05, 0.1) is 11.9 Å². The van der Waals surface area contributed by atoms with Gasteiger partial charge in [-0.3, -0.25) is 14.3 Å². The van der Waals surface area contributed by atoms with Crippen LogP contribution in [0.1, 0.15) is 41.4 Å². The van der Waals surface area contributed by atoms with Crippen LogP contribution in [-0.4, -0.2) is 83.0 Å². The number of anilines is 1. The van der Waals surface area contributed by atoms with Crippen molar-refractivity contribution in [2.45, 2.75) is 50.3 Å². The zero-order chi connectivity index (χ0) is 25.8. The highest BCUT2D eigenvalue weighted by Gasteiger charge is 2.44. The van der Waals surface area contributed by atoms with Crippen LogP contribution >= 0.6 is 0 Å². The molecule has 1 fully saturated rings. The topological polar surface area (TPSA) is 203 Å². The van der Waals surface area contributed by atoms with Crippen molar-refractivity contribution < 1.29 is 29.6 Å². The summed E-state index contributed by atoms with van der Waals surface area (Å²) in [5, 5.41) is 30.9. The highest BCUT2D eigenvalue weighted by atomic mass is 16.6. The van der Waals surface area contributed by atoms with Crippen molar-refractivity contribution in [1.82, 2.24) is 24.4 Å². The second-order valence-corrected chi connectivity index (χ2v) is 8.79. The van der Waals surface area contributed by atoms with Crippen LogP contribution in [0.4, 0.5) is 5.82 Å². The average molecular weight is 500 g/mol. The molecule has 0 aliphatic carbocycles. The molecule has 192 valence electrons. The number of nitrogens with two attached hydrogens (primary N) is 2. The number of amides is 1. The van der Waals surface area contributed by atoms with Gasteiger partial charge >= 0.3 is 5.97 Å². The van der Waals surface area contributed by atoms with Crippen LogP contribution < -0.4 is 11.5 Å². The Balaban J connectivity index is 1.50. The van der Waals surface area contributed by atoms with E-state index in [-0.39, 0.29) is 30.3 Å². The second kappa shape index (κ2) is 11.0. The first kappa shape index (κ1) is 25.4. The normalized spacial score (nSPS) is 21.9. The number of carbonyl (C=O) groups is 2. The van der Waals surface area contributed by atoms with E-state index in [4.69, 9.17) is 16.2 Å². The van der Waals surface area contributed by atoms with E-state index >= 15 is 0 Å². The summed E-state index contributed by atoms with van der Waals surface area (Å²) < 4.78 is 7.57. The quantitative estimate of drug-likeness (QED) is 0.220. The van der Waals surface area contributed by atoms with Crippen molar-refractivity contribution in [2.24, 2.45) is 5.73 Å². The lowest BCUT2D eigenvalue weighted by atomic mass is 10.1. The summed E-state index contributed by atoms with van der Waals surface area (Å²) in [7, 11) is 0. The number of benzene rings is 1. The first-order chi connectivity index (χ1) is 17.2. The number of nitrogens with zero attached hydrogens (tertiary/aromatic N) is 5. The second-order valence-electron chi connectivity index (χ2n) is 8.79. The third kappa shape index (κ3) is 5.60. The molecule has 1 aliphatic heterocycles. The Morgan fingerprint density at radius 3 is 2.69 bits per heavy atom. The van der Waals surface area contributed by atoms with E-state index in [0.29, 0.717) is 37.1 Å². The van der Waals surface area contributed by atoms with Crippen LogP contribution in [0.25, 0.3) is 11.2 Å². The third-order valence-corrected chi connectivity index (χ3v) is 6.16. The SMILES string of the molecule is NC(=O)CCCCN(Cc1cccc(C(=O)O)c1)C[C@H]1O[C@@H](n2cnc3c(N)ncnc32)[C@H](O)[C@@H]1O. The predicted octanol–water partition coefficient (Wildman–Crippen LogP) is -0.116. The van der Waals surface area contributed by atoms with Crippen molar-refractivity contribution in [2.75, 3.05) is 18.8 Å². The molecule has 3 heterocycles. The Morgan fingerprint density at radius 2 is 1.94 bits per heavy atom. The largest absolute Gasteiger partial charge is 0.478 e. The minimum atomic E-state index is -1.25. The van der Waals surface area contributed by atoms with E-state index in [0.717, 1.165) is 5.56 Å². The molecule has 1 aromatic carbocycles. The van der Waals surface area contributed by atoms with Gasteiger partial charge < -0.3 is 31.5 Å². The maximum atomic E-state index is 11.4. The van der Waals surface area contributed by atoms with E-state index in [1.165, 1.54) is 23.3 Å². The standard InChI is InChI=1S/C23H29N7O6/c24-16(31)6-1-2-7-29(9-13-4-3-5-14(8-13)23(34)35)10-15-18(32)19(33)22(36-15)30-12-28-17-20(25)26-11-27-21(17)30/h3-5,8,11-12,15,18-19,22,32-33H,1-2,6-7,9-10H2,(H2,24,31)(H,34,35)(H2,25,26,27)/t15-,18-,19-,22-/m1/s1. The molecule has 0 saturated carbocycles. The molecule has 7 N–H and O–H groups in total. The summed E-state index contributed by atoms with van der Waals surface area (Å²) in [4.78, 5) is 36.7. The van der Waals surface area contributed by atoms with Gasteiger partial charge in [-0.15, -0.1) is 0 Å². The number of unbranched alkanes of at least 4 members (excludes halogenated alkanes) is 1. The molecule has 13 nitrogen and oxygen atoms in total. The highest BCUT2D eigenvalue weighted by Crippen LogP contribution is 2.32. The minimum absolute atomic E-state index is 0.169. The number of fused-ring (bicyclic) bond motifs is 1. The fourth-order valence-corrected chi connectivity index (χ4v) is 4.35. The Kier molecular flexibility index (Phi) is 7.74. The van der Waals surface area contributed by atoms with Gasteiger partial charge in [0, 0.05) is 19.5 Å². The molecule has 1 amide bonds. The summed E-state index contributed by atoms with van der Waals surface area (Å²) in [6, 6.07) is 6.58. The summed E-state index contributed by atoms with van der Waals surface area (Å²) in [5.74, 6) is -1.22. The number of carboxylic acid groups (broad SMARTS) is 1. The summed E-state index contributed by atoms with van der Waals surface area (Å²) in [6.07, 6.45) is 0.0328. The molecular weight excluding hydrogens is 470 g/mol. The number of ether oxygens (including phenoxy) is 1. The van der Waals surface area contributed by atoms with Crippen LogP contribution in [0, 0.1) is 0 Å². The third-order valence-electron chi connectivity index (χ3n) is 6.16. The fourth-order valence-electron chi connectivity index (χ4n) is 4.35. The van der Waals surface area contributed by atoms with Crippen LogP contribution in [0.2, 0.25) is 0 Å². The van der Waals surface area contributed by atoms with Crippen molar-refractivity contribution in [3.63, 3.8) is 0 Å². The maximum Gasteiger partial charge on any atom is 0.335 e. The molecule has 2 aromatic heterocycles. The predicted molar refractivity (Wildman–Crippen MR) is 127 cm³/mol. The molecule has 4 rings (SSSR count). The van der Waals surface area contributed by atoms with Gasteiger partial charge in [-0.2, -0.15) is 0 Å². The Morgan fingerprint density at radius 1 is 1.14 bits per heavy atom.